The summed E-state index contributed by atoms with van der Waals surface area (Å²) in [6.45, 7) is 1.94. The van der Waals surface area contributed by atoms with Crippen molar-refractivity contribution in [3.8, 4) is 0 Å². The normalized spacial score (nSPS) is 10.3. The summed E-state index contributed by atoms with van der Waals surface area (Å²) in [7, 11) is 0. The first-order valence-electron chi connectivity index (χ1n) is 9.54. The Kier molecular flexibility index (Phi) is 5.66. The van der Waals surface area contributed by atoms with Crippen molar-refractivity contribution in [1.29, 1.82) is 0 Å². The van der Waals surface area contributed by atoms with Gasteiger partial charge in [-0.1, -0.05) is 6.07 Å². The Morgan fingerprint density at radius 2 is 1.33 bits per heavy atom. The Labute approximate surface area is 175 Å². The summed E-state index contributed by atoms with van der Waals surface area (Å²) in [5.74, 6) is -0.167. The second kappa shape index (κ2) is 8.87. The van der Waals surface area contributed by atoms with Gasteiger partial charge < -0.3 is 16.0 Å². The monoisotopic (exact) mass is 395 g/mol. The molecule has 0 spiro atoms. The molecule has 4 aromatic rings. The van der Waals surface area contributed by atoms with E-state index in [-0.39, 0.29) is 5.91 Å². The molecular weight excluding hydrogens is 374 g/mol. The molecular formula is C24H21N5O. The fraction of sp³-hybridized carbons (Fsp3) is 0.0417. The Balaban J connectivity index is 1.41. The van der Waals surface area contributed by atoms with Crippen LogP contribution in [0.5, 0.6) is 0 Å². The van der Waals surface area contributed by atoms with Gasteiger partial charge in [0.15, 0.2) is 0 Å². The van der Waals surface area contributed by atoms with Crippen LogP contribution in [0.15, 0.2) is 91.4 Å². The number of hydrogen-bond donors (Lipinski definition) is 3. The summed E-state index contributed by atoms with van der Waals surface area (Å²) in [6.07, 6.45) is 5.22. The number of anilines is 5. The third kappa shape index (κ3) is 4.99. The topological polar surface area (TPSA) is 78.9 Å². The van der Waals surface area contributed by atoms with Gasteiger partial charge in [0.1, 0.15) is 0 Å². The molecule has 0 aliphatic rings. The standard InChI is InChI=1S/C24H21N5O/c1-17-15-23(11-14-26-17)28-22-4-2-3-18(16-22)24(30)29-20-7-5-19(6-8-20)27-21-9-12-25-13-10-21/h2-16H,1H3,(H,25,27)(H,26,28)(H,29,30). The molecule has 0 aliphatic heterocycles. The fourth-order valence-electron chi connectivity index (χ4n) is 2.97. The van der Waals surface area contributed by atoms with Gasteiger partial charge in [-0.25, -0.2) is 0 Å². The van der Waals surface area contributed by atoms with Crippen molar-refractivity contribution < 1.29 is 4.79 Å². The van der Waals surface area contributed by atoms with Crippen LogP contribution in [-0.2, 0) is 0 Å². The average molecular weight is 395 g/mol. The van der Waals surface area contributed by atoms with E-state index >= 15 is 0 Å². The molecule has 0 saturated heterocycles. The Hall–Kier alpha value is -4.19. The molecule has 0 aliphatic carbocycles. The van der Waals surface area contributed by atoms with Crippen LogP contribution in [0.1, 0.15) is 16.1 Å². The lowest BCUT2D eigenvalue weighted by molar-refractivity contribution is 0.102. The smallest absolute Gasteiger partial charge is 0.255 e. The van der Waals surface area contributed by atoms with E-state index < -0.39 is 0 Å². The van der Waals surface area contributed by atoms with E-state index in [2.05, 4.69) is 25.9 Å². The molecule has 3 N–H and O–H groups in total. The fourth-order valence-corrected chi connectivity index (χ4v) is 2.97. The summed E-state index contributed by atoms with van der Waals surface area (Å²) in [6, 6.07) is 22.6. The minimum Gasteiger partial charge on any atom is -0.355 e. The molecule has 30 heavy (non-hydrogen) atoms. The minimum atomic E-state index is -0.167. The quantitative estimate of drug-likeness (QED) is 0.400. The van der Waals surface area contributed by atoms with Gasteiger partial charge in [0, 0.05) is 58.3 Å². The number of nitrogens with zero attached hydrogens (tertiary/aromatic N) is 2. The van der Waals surface area contributed by atoms with Crippen LogP contribution < -0.4 is 16.0 Å². The van der Waals surface area contributed by atoms with Gasteiger partial charge in [-0.05, 0) is 73.7 Å². The molecule has 0 saturated carbocycles. The SMILES string of the molecule is Cc1cc(Nc2cccc(C(=O)Nc3ccc(Nc4ccncc4)cc3)c2)ccn1. The number of amides is 1. The summed E-state index contributed by atoms with van der Waals surface area (Å²) in [4.78, 5) is 20.9. The average Bonchev–Trinajstić information content (AvgIpc) is 2.76. The highest BCUT2D eigenvalue weighted by molar-refractivity contribution is 6.05. The van der Waals surface area contributed by atoms with Crippen LogP contribution in [0.3, 0.4) is 0 Å². The van der Waals surface area contributed by atoms with Crippen molar-refractivity contribution in [2.75, 3.05) is 16.0 Å². The van der Waals surface area contributed by atoms with Gasteiger partial charge in [-0.15, -0.1) is 0 Å². The first kappa shape index (κ1) is 19.1. The first-order chi connectivity index (χ1) is 14.7. The third-order valence-electron chi connectivity index (χ3n) is 4.42. The molecule has 0 unspecified atom stereocenters. The molecule has 6 heteroatoms. The van der Waals surface area contributed by atoms with Crippen molar-refractivity contribution in [3.63, 3.8) is 0 Å². The van der Waals surface area contributed by atoms with E-state index in [9.17, 15) is 4.79 Å². The number of nitrogens with one attached hydrogen (secondary N) is 3. The van der Waals surface area contributed by atoms with Crippen LogP contribution in [0, 0.1) is 6.92 Å². The van der Waals surface area contributed by atoms with Crippen molar-refractivity contribution >= 4 is 34.3 Å². The molecule has 0 atom stereocenters. The lowest BCUT2D eigenvalue weighted by atomic mass is 10.1. The first-order valence-corrected chi connectivity index (χ1v) is 9.54. The summed E-state index contributed by atoms with van der Waals surface area (Å²) in [5, 5.41) is 9.52. The Bertz CT molecular complexity index is 1140. The summed E-state index contributed by atoms with van der Waals surface area (Å²) < 4.78 is 0. The lowest BCUT2D eigenvalue weighted by Crippen LogP contribution is -2.12. The Morgan fingerprint density at radius 1 is 0.700 bits per heavy atom. The number of pyridine rings is 2. The minimum absolute atomic E-state index is 0.167. The maximum absolute atomic E-state index is 12.7. The van der Waals surface area contributed by atoms with E-state index in [0.29, 0.717) is 5.56 Å². The molecule has 2 heterocycles. The highest BCUT2D eigenvalue weighted by Crippen LogP contribution is 2.21. The van der Waals surface area contributed by atoms with E-state index in [4.69, 9.17) is 0 Å². The van der Waals surface area contributed by atoms with Gasteiger partial charge in [0.2, 0.25) is 0 Å². The lowest BCUT2D eigenvalue weighted by Gasteiger charge is -2.10. The number of aromatic nitrogens is 2. The van der Waals surface area contributed by atoms with Gasteiger partial charge in [0.05, 0.1) is 0 Å². The predicted octanol–water partition coefficient (Wildman–Crippen LogP) is 5.52. The van der Waals surface area contributed by atoms with Crippen molar-refractivity contribution in [2.24, 2.45) is 0 Å². The molecule has 0 bridgehead atoms. The van der Waals surface area contributed by atoms with Crippen LogP contribution >= 0.6 is 0 Å². The molecule has 2 aromatic heterocycles. The maximum atomic E-state index is 12.7. The van der Waals surface area contributed by atoms with Crippen LogP contribution in [0.4, 0.5) is 28.4 Å². The van der Waals surface area contributed by atoms with Crippen LogP contribution in [-0.4, -0.2) is 15.9 Å². The maximum Gasteiger partial charge on any atom is 0.255 e. The third-order valence-corrected chi connectivity index (χ3v) is 4.42. The predicted molar refractivity (Wildman–Crippen MR) is 121 cm³/mol. The molecule has 148 valence electrons. The van der Waals surface area contributed by atoms with Crippen LogP contribution in [0.2, 0.25) is 0 Å². The van der Waals surface area contributed by atoms with Crippen molar-refractivity contribution in [2.45, 2.75) is 6.92 Å². The number of hydrogen-bond acceptors (Lipinski definition) is 5. The van der Waals surface area contributed by atoms with E-state index in [1.807, 2.05) is 73.7 Å². The number of carbonyl (C=O) groups excluding carboxylic acids is 1. The molecule has 4 rings (SSSR count). The highest BCUT2D eigenvalue weighted by Gasteiger charge is 2.07. The number of rotatable bonds is 6. The van der Waals surface area contributed by atoms with Gasteiger partial charge in [-0.3, -0.25) is 14.8 Å². The number of carbonyl (C=O) groups is 1. The summed E-state index contributed by atoms with van der Waals surface area (Å²) >= 11 is 0. The van der Waals surface area contributed by atoms with Crippen molar-refractivity contribution in [1.82, 2.24) is 9.97 Å². The van der Waals surface area contributed by atoms with Crippen LogP contribution in [0.25, 0.3) is 0 Å². The highest BCUT2D eigenvalue weighted by atomic mass is 16.1. The summed E-state index contributed by atoms with van der Waals surface area (Å²) in [5.41, 5.74) is 5.87. The molecule has 1 amide bonds. The van der Waals surface area contributed by atoms with Gasteiger partial charge in [-0.2, -0.15) is 0 Å². The van der Waals surface area contributed by atoms with E-state index in [0.717, 1.165) is 34.1 Å². The van der Waals surface area contributed by atoms with E-state index in [1.54, 1.807) is 24.7 Å². The molecule has 2 aromatic carbocycles. The second-order valence-electron chi connectivity index (χ2n) is 6.78. The van der Waals surface area contributed by atoms with E-state index in [1.165, 1.54) is 0 Å². The molecule has 6 nitrogen and oxygen atoms in total. The second-order valence-corrected chi connectivity index (χ2v) is 6.78. The van der Waals surface area contributed by atoms with Gasteiger partial charge in [0.25, 0.3) is 5.91 Å². The largest absolute Gasteiger partial charge is 0.355 e. The molecule has 0 fully saturated rings. The zero-order chi connectivity index (χ0) is 20.8. The number of aryl methyl sites for hydroxylation is 1. The molecule has 0 radical (unpaired) electrons. The van der Waals surface area contributed by atoms with Crippen molar-refractivity contribution in [3.05, 3.63) is 103 Å². The van der Waals surface area contributed by atoms with Gasteiger partial charge >= 0.3 is 0 Å². The number of benzene rings is 2. The zero-order valence-electron chi connectivity index (χ0n) is 16.5. The zero-order valence-corrected chi connectivity index (χ0v) is 16.5. The Morgan fingerprint density at radius 3 is 2.10 bits per heavy atom.